The van der Waals surface area contributed by atoms with Crippen LogP contribution in [0.4, 0.5) is 26.3 Å². The standard InChI is InChI=1S/C8H5BF6O3.K.H/c10-7(11,12)4-1-5(8(13,14)15)3-6(2-4)18-9(16)17;;/h1-3,16-17H;;/q;+1;-1. The molecule has 0 aliphatic rings. The molecule has 0 unspecified atom stereocenters. The molecule has 0 aliphatic heterocycles. The fourth-order valence-electron chi connectivity index (χ4n) is 1.12. The summed E-state index contributed by atoms with van der Waals surface area (Å²) in [5.74, 6) is -0.952. The van der Waals surface area contributed by atoms with Gasteiger partial charge in [0.25, 0.3) is 0 Å². The summed E-state index contributed by atoms with van der Waals surface area (Å²) in [5.41, 5.74) is -3.21. The van der Waals surface area contributed by atoms with E-state index in [0.717, 1.165) is 0 Å². The number of halogens is 6. The topological polar surface area (TPSA) is 49.7 Å². The van der Waals surface area contributed by atoms with Crippen LogP contribution in [-0.2, 0) is 12.4 Å². The van der Waals surface area contributed by atoms with Crippen LogP contribution in [0.5, 0.6) is 5.75 Å². The molecule has 0 radical (unpaired) electrons. The van der Waals surface area contributed by atoms with E-state index in [2.05, 4.69) is 4.65 Å². The quantitative estimate of drug-likeness (QED) is 0.555. The van der Waals surface area contributed by atoms with Crippen LogP contribution in [0.25, 0.3) is 0 Å². The van der Waals surface area contributed by atoms with Gasteiger partial charge < -0.3 is 16.1 Å². The Hall–Kier alpha value is 0.221. The molecule has 0 spiro atoms. The minimum absolute atomic E-state index is 0. The number of hydrogen-bond acceptors (Lipinski definition) is 3. The SMILES string of the molecule is OB(O)Oc1cc(C(F)(F)F)cc(C(F)(F)F)c1.[H-].[K+]. The van der Waals surface area contributed by atoms with Crippen LogP contribution >= 0.6 is 0 Å². The van der Waals surface area contributed by atoms with Gasteiger partial charge >= 0.3 is 71.1 Å². The largest absolute Gasteiger partial charge is 1.00 e. The third-order valence-electron chi connectivity index (χ3n) is 1.80. The summed E-state index contributed by atoms with van der Waals surface area (Å²) in [6.45, 7) is 0. The number of hydrogen-bond donors (Lipinski definition) is 2. The molecule has 0 saturated carbocycles. The van der Waals surface area contributed by atoms with Crippen LogP contribution in [0.2, 0.25) is 0 Å². The molecular weight excluding hydrogens is 308 g/mol. The second kappa shape index (κ2) is 6.79. The molecule has 1 aromatic carbocycles. The van der Waals surface area contributed by atoms with E-state index in [9.17, 15) is 26.3 Å². The zero-order chi connectivity index (χ0) is 14.1. The molecule has 1 rings (SSSR count). The van der Waals surface area contributed by atoms with Gasteiger partial charge in [-0.05, 0) is 18.2 Å². The third-order valence-corrected chi connectivity index (χ3v) is 1.80. The van der Waals surface area contributed by atoms with E-state index in [4.69, 9.17) is 10.0 Å². The Balaban J connectivity index is 0. The Bertz CT molecular complexity index is 407. The predicted molar refractivity (Wildman–Crippen MR) is 48.4 cm³/mol. The predicted octanol–water partition coefficient (Wildman–Crippen LogP) is -0.811. The molecule has 0 saturated heterocycles. The van der Waals surface area contributed by atoms with Crippen LogP contribution < -0.4 is 56.0 Å². The number of benzene rings is 1. The molecule has 0 bridgehead atoms. The molecule has 11 heteroatoms. The zero-order valence-corrected chi connectivity index (χ0v) is 12.5. The van der Waals surface area contributed by atoms with Gasteiger partial charge in [-0.25, -0.2) is 0 Å². The van der Waals surface area contributed by atoms with Gasteiger partial charge in [0.2, 0.25) is 0 Å². The molecule has 0 fully saturated rings. The number of alkyl halides is 6. The summed E-state index contributed by atoms with van der Waals surface area (Å²) in [4.78, 5) is 0. The van der Waals surface area contributed by atoms with E-state index >= 15 is 0 Å². The van der Waals surface area contributed by atoms with E-state index in [-0.39, 0.29) is 71.0 Å². The molecule has 2 N–H and O–H groups in total. The Morgan fingerprint density at radius 2 is 1.26 bits per heavy atom. The minimum atomic E-state index is -5.01. The van der Waals surface area contributed by atoms with Crippen molar-refractivity contribution in [2.24, 2.45) is 0 Å². The fraction of sp³-hybridized carbons (Fsp3) is 0.250. The van der Waals surface area contributed by atoms with Crippen molar-refractivity contribution in [1.82, 2.24) is 0 Å². The maximum atomic E-state index is 12.3. The van der Waals surface area contributed by atoms with Crippen LogP contribution in [0.3, 0.4) is 0 Å². The Labute approximate surface area is 147 Å². The van der Waals surface area contributed by atoms with Crippen molar-refractivity contribution in [2.45, 2.75) is 12.4 Å². The first-order valence-corrected chi connectivity index (χ1v) is 4.32. The summed E-state index contributed by atoms with van der Waals surface area (Å²) in [6.07, 6.45) is -10.0. The first kappa shape index (κ1) is 19.2. The Morgan fingerprint density at radius 3 is 1.53 bits per heavy atom. The van der Waals surface area contributed by atoms with Crippen molar-refractivity contribution in [2.75, 3.05) is 0 Å². The van der Waals surface area contributed by atoms with Gasteiger partial charge in [0.05, 0.1) is 11.1 Å². The molecule has 3 nitrogen and oxygen atoms in total. The van der Waals surface area contributed by atoms with Crippen LogP contribution in [0.15, 0.2) is 18.2 Å². The fourth-order valence-corrected chi connectivity index (χ4v) is 1.12. The monoisotopic (exact) mass is 314 g/mol. The molecule has 1 aromatic rings. The normalized spacial score (nSPS) is 11.8. The molecule has 19 heavy (non-hydrogen) atoms. The molecule has 0 aromatic heterocycles. The molecule has 0 heterocycles. The van der Waals surface area contributed by atoms with Gasteiger partial charge in [0.15, 0.2) is 0 Å². The van der Waals surface area contributed by atoms with Crippen LogP contribution in [0, 0.1) is 0 Å². The van der Waals surface area contributed by atoms with Crippen LogP contribution in [0.1, 0.15) is 12.6 Å². The molecular formula is C8H6BF6KO3. The molecule has 102 valence electrons. The first-order valence-electron chi connectivity index (χ1n) is 4.32. The van der Waals surface area contributed by atoms with Crippen molar-refractivity contribution >= 4 is 7.32 Å². The van der Waals surface area contributed by atoms with Gasteiger partial charge in [0, 0.05) is 0 Å². The Kier molecular flexibility index (Phi) is 6.86. The van der Waals surface area contributed by atoms with Gasteiger partial charge in [-0.1, -0.05) is 0 Å². The summed E-state index contributed by atoms with van der Waals surface area (Å²) in [6, 6.07) is 0.361. The smallest absolute Gasteiger partial charge is 1.00 e. The molecule has 0 atom stereocenters. The van der Waals surface area contributed by atoms with E-state index in [1.54, 1.807) is 0 Å². The summed E-state index contributed by atoms with van der Waals surface area (Å²) >= 11 is 0. The van der Waals surface area contributed by atoms with E-state index in [1.165, 1.54) is 0 Å². The maximum absolute atomic E-state index is 12.3. The van der Waals surface area contributed by atoms with Crippen molar-refractivity contribution in [3.05, 3.63) is 29.3 Å². The van der Waals surface area contributed by atoms with E-state index in [0.29, 0.717) is 0 Å². The second-order valence-corrected chi connectivity index (χ2v) is 3.19. The van der Waals surface area contributed by atoms with Gasteiger partial charge in [-0.2, -0.15) is 26.3 Å². The second-order valence-electron chi connectivity index (χ2n) is 3.19. The van der Waals surface area contributed by atoms with E-state index in [1.807, 2.05) is 0 Å². The summed E-state index contributed by atoms with van der Waals surface area (Å²) < 4.78 is 78.0. The number of rotatable bonds is 2. The van der Waals surface area contributed by atoms with Crippen molar-refractivity contribution in [3.63, 3.8) is 0 Å². The van der Waals surface area contributed by atoms with E-state index < -0.39 is 36.6 Å². The van der Waals surface area contributed by atoms with Crippen LogP contribution in [-0.4, -0.2) is 17.4 Å². The summed E-state index contributed by atoms with van der Waals surface area (Å²) in [7, 11) is -2.52. The van der Waals surface area contributed by atoms with Crippen molar-refractivity contribution in [3.8, 4) is 5.75 Å². The summed E-state index contributed by atoms with van der Waals surface area (Å²) in [5, 5.41) is 16.7. The third kappa shape index (κ3) is 6.02. The average molecular weight is 314 g/mol. The maximum Gasteiger partial charge on any atom is 1.00 e. The van der Waals surface area contributed by atoms with Gasteiger partial charge in [-0.15, -0.1) is 0 Å². The Morgan fingerprint density at radius 1 is 0.895 bits per heavy atom. The van der Waals surface area contributed by atoms with Crippen molar-refractivity contribution in [1.29, 1.82) is 0 Å². The van der Waals surface area contributed by atoms with Gasteiger partial charge in [-0.3, -0.25) is 0 Å². The molecule has 0 aliphatic carbocycles. The van der Waals surface area contributed by atoms with Crippen molar-refractivity contribution < 1.29 is 93.9 Å². The minimum Gasteiger partial charge on any atom is -1.00 e. The first-order chi connectivity index (χ1) is 8.00. The molecule has 0 amide bonds. The average Bonchev–Trinajstić information content (AvgIpc) is 2.13. The zero-order valence-electron chi connectivity index (χ0n) is 10.4. The van der Waals surface area contributed by atoms with Gasteiger partial charge in [0.1, 0.15) is 5.75 Å².